The maximum atomic E-state index is 13.6. The van der Waals surface area contributed by atoms with E-state index in [0.717, 1.165) is 12.1 Å². The quantitative estimate of drug-likeness (QED) is 0.806. The molecule has 0 saturated heterocycles. The van der Waals surface area contributed by atoms with E-state index in [0.29, 0.717) is 6.42 Å². The first-order chi connectivity index (χ1) is 9.26. The lowest BCUT2D eigenvalue weighted by Crippen LogP contribution is -2.30. The number of hydrogen-bond acceptors (Lipinski definition) is 3. The van der Waals surface area contributed by atoms with Crippen LogP contribution in [0.1, 0.15) is 19.8 Å². The fourth-order valence-electron chi connectivity index (χ4n) is 1.61. The lowest BCUT2D eigenvalue weighted by Gasteiger charge is -2.14. The topological polar surface area (TPSA) is 83.5 Å². The van der Waals surface area contributed by atoms with Crippen LogP contribution in [-0.4, -0.2) is 26.0 Å². The van der Waals surface area contributed by atoms with E-state index in [9.17, 15) is 17.6 Å². The van der Waals surface area contributed by atoms with Gasteiger partial charge in [-0.3, -0.25) is 4.79 Å². The van der Waals surface area contributed by atoms with Crippen LogP contribution in [0, 0.1) is 11.7 Å². The smallest absolute Gasteiger partial charge is 0.303 e. The Morgan fingerprint density at radius 3 is 2.65 bits per heavy atom. The zero-order valence-corrected chi connectivity index (χ0v) is 12.3. The van der Waals surface area contributed by atoms with Crippen molar-refractivity contribution in [2.24, 2.45) is 5.92 Å². The summed E-state index contributed by atoms with van der Waals surface area (Å²) < 4.78 is 39.6. The van der Waals surface area contributed by atoms with Gasteiger partial charge in [-0.25, -0.2) is 17.5 Å². The number of sulfonamides is 1. The number of hydrogen-bond donors (Lipinski definition) is 2. The average molecular weight is 324 g/mol. The predicted molar refractivity (Wildman–Crippen MR) is 72.6 cm³/mol. The van der Waals surface area contributed by atoms with E-state index in [1.54, 1.807) is 6.92 Å². The Kier molecular flexibility index (Phi) is 5.91. The summed E-state index contributed by atoms with van der Waals surface area (Å²) in [5, 5.41) is 8.78. The minimum Gasteiger partial charge on any atom is -0.481 e. The van der Waals surface area contributed by atoms with Crippen LogP contribution in [0.4, 0.5) is 4.39 Å². The number of aliphatic carboxylic acids is 1. The van der Waals surface area contributed by atoms with Gasteiger partial charge in [0.25, 0.3) is 0 Å². The third-order valence-corrected chi connectivity index (χ3v) is 4.48. The molecule has 2 N–H and O–H groups in total. The predicted octanol–water partition coefficient (Wildman–Crippen LogP) is 2.26. The van der Waals surface area contributed by atoms with Gasteiger partial charge in [0.1, 0.15) is 10.7 Å². The number of benzene rings is 1. The highest BCUT2D eigenvalue weighted by Gasteiger charge is 2.21. The van der Waals surface area contributed by atoms with Crippen molar-refractivity contribution in [3.05, 3.63) is 29.0 Å². The molecule has 1 unspecified atom stereocenters. The molecule has 0 heterocycles. The first-order valence-electron chi connectivity index (χ1n) is 5.92. The standard InChI is InChI=1S/C12H15ClFNO4S/c1-2-8(5-12(16)17)7-15-20(18,19)11-4-3-9(13)6-10(11)14/h3-4,6,8,15H,2,5,7H2,1H3,(H,16,17). The summed E-state index contributed by atoms with van der Waals surface area (Å²) in [7, 11) is -4.03. The second-order valence-corrected chi connectivity index (χ2v) is 6.47. The number of nitrogens with one attached hydrogen (secondary N) is 1. The molecule has 1 aromatic carbocycles. The molecule has 0 aliphatic carbocycles. The molecule has 0 aromatic heterocycles. The van der Waals surface area contributed by atoms with Crippen LogP contribution in [-0.2, 0) is 14.8 Å². The molecule has 0 radical (unpaired) electrons. The monoisotopic (exact) mass is 323 g/mol. The maximum Gasteiger partial charge on any atom is 0.303 e. The van der Waals surface area contributed by atoms with E-state index in [4.69, 9.17) is 16.7 Å². The molecule has 8 heteroatoms. The molecule has 0 spiro atoms. The molecule has 0 aliphatic rings. The lowest BCUT2D eigenvalue weighted by atomic mass is 10.0. The maximum absolute atomic E-state index is 13.6. The molecule has 20 heavy (non-hydrogen) atoms. The molecular weight excluding hydrogens is 309 g/mol. The molecule has 0 saturated carbocycles. The first kappa shape index (κ1) is 16.9. The van der Waals surface area contributed by atoms with Gasteiger partial charge in [-0.15, -0.1) is 0 Å². The summed E-state index contributed by atoms with van der Waals surface area (Å²) in [6, 6.07) is 3.25. The third-order valence-electron chi connectivity index (χ3n) is 2.79. The zero-order chi connectivity index (χ0) is 15.3. The number of carboxylic acids is 1. The van der Waals surface area contributed by atoms with Crippen molar-refractivity contribution in [1.29, 1.82) is 0 Å². The fraction of sp³-hybridized carbons (Fsp3) is 0.417. The third kappa shape index (κ3) is 4.73. The van der Waals surface area contributed by atoms with Gasteiger partial charge >= 0.3 is 5.97 Å². The van der Waals surface area contributed by atoms with Crippen molar-refractivity contribution in [2.75, 3.05) is 6.54 Å². The summed E-state index contributed by atoms with van der Waals surface area (Å²) in [6.07, 6.45) is 0.347. The second-order valence-electron chi connectivity index (χ2n) is 4.30. The Morgan fingerprint density at radius 2 is 2.15 bits per heavy atom. The molecule has 1 aromatic rings. The van der Waals surface area contributed by atoms with Crippen molar-refractivity contribution in [3.63, 3.8) is 0 Å². The summed E-state index contributed by atoms with van der Waals surface area (Å²) in [5.74, 6) is -2.30. The Bertz CT molecular complexity index is 591. The molecule has 0 aliphatic heterocycles. The van der Waals surface area contributed by atoms with Gasteiger partial charge in [0.05, 0.1) is 0 Å². The fourth-order valence-corrected chi connectivity index (χ4v) is 2.94. The minimum absolute atomic E-state index is 0.0623. The van der Waals surface area contributed by atoms with Crippen LogP contribution in [0.3, 0.4) is 0 Å². The van der Waals surface area contributed by atoms with Crippen LogP contribution in [0.2, 0.25) is 5.02 Å². The van der Waals surface area contributed by atoms with E-state index < -0.39 is 26.7 Å². The summed E-state index contributed by atoms with van der Waals surface area (Å²) in [5.41, 5.74) is 0. The molecule has 5 nitrogen and oxygen atoms in total. The van der Waals surface area contributed by atoms with E-state index in [1.807, 2.05) is 0 Å². The van der Waals surface area contributed by atoms with Gasteiger partial charge in [-0.2, -0.15) is 0 Å². The van der Waals surface area contributed by atoms with Gasteiger partial charge in [0.2, 0.25) is 10.0 Å². The van der Waals surface area contributed by atoms with E-state index in [2.05, 4.69) is 4.72 Å². The van der Waals surface area contributed by atoms with Crippen molar-refractivity contribution in [3.8, 4) is 0 Å². The highest BCUT2D eigenvalue weighted by molar-refractivity contribution is 7.89. The normalized spacial score (nSPS) is 13.2. The van der Waals surface area contributed by atoms with Crippen molar-refractivity contribution >= 4 is 27.6 Å². The molecule has 1 rings (SSSR count). The summed E-state index contributed by atoms with van der Waals surface area (Å²) >= 11 is 5.55. The molecule has 0 fully saturated rings. The van der Waals surface area contributed by atoms with Gasteiger partial charge in [0.15, 0.2) is 0 Å². The lowest BCUT2D eigenvalue weighted by molar-refractivity contribution is -0.138. The summed E-state index contributed by atoms with van der Waals surface area (Å²) in [6.45, 7) is 1.69. The van der Waals surface area contributed by atoms with Crippen molar-refractivity contribution in [1.82, 2.24) is 4.72 Å². The number of rotatable bonds is 7. The van der Waals surface area contributed by atoms with Gasteiger partial charge in [0, 0.05) is 18.0 Å². The SMILES string of the molecule is CCC(CNS(=O)(=O)c1ccc(Cl)cc1F)CC(=O)O. The van der Waals surface area contributed by atoms with E-state index in [-0.39, 0.29) is 23.9 Å². The van der Waals surface area contributed by atoms with Gasteiger partial charge in [-0.05, 0) is 24.1 Å². The van der Waals surface area contributed by atoms with Gasteiger partial charge in [-0.1, -0.05) is 24.9 Å². The highest BCUT2D eigenvalue weighted by Crippen LogP contribution is 2.19. The number of carbonyl (C=O) groups is 1. The highest BCUT2D eigenvalue weighted by atomic mass is 35.5. The van der Waals surface area contributed by atoms with Crippen LogP contribution in [0.15, 0.2) is 23.1 Å². The Balaban J connectivity index is 2.82. The first-order valence-corrected chi connectivity index (χ1v) is 7.79. The minimum atomic E-state index is -4.03. The number of carboxylic acid groups (broad SMARTS) is 1. The Labute approximate surface area is 121 Å². The van der Waals surface area contributed by atoms with Crippen molar-refractivity contribution < 1.29 is 22.7 Å². The average Bonchev–Trinajstić information content (AvgIpc) is 2.33. The van der Waals surface area contributed by atoms with Crippen LogP contribution in [0.25, 0.3) is 0 Å². The Morgan fingerprint density at radius 1 is 1.50 bits per heavy atom. The van der Waals surface area contributed by atoms with Crippen LogP contribution >= 0.6 is 11.6 Å². The number of halogens is 2. The van der Waals surface area contributed by atoms with E-state index in [1.165, 1.54) is 6.07 Å². The molecule has 0 bridgehead atoms. The van der Waals surface area contributed by atoms with Crippen LogP contribution < -0.4 is 4.72 Å². The van der Waals surface area contributed by atoms with Gasteiger partial charge < -0.3 is 5.11 Å². The molecular formula is C12H15ClFNO4S. The van der Waals surface area contributed by atoms with Crippen molar-refractivity contribution in [2.45, 2.75) is 24.7 Å². The second kappa shape index (κ2) is 7.01. The molecule has 0 amide bonds. The summed E-state index contributed by atoms with van der Waals surface area (Å²) in [4.78, 5) is 10.1. The zero-order valence-electron chi connectivity index (χ0n) is 10.8. The van der Waals surface area contributed by atoms with Crippen LogP contribution in [0.5, 0.6) is 0 Å². The largest absolute Gasteiger partial charge is 0.481 e. The Hall–Kier alpha value is -1.18. The molecule has 112 valence electrons. The molecule has 1 atom stereocenters. The van der Waals surface area contributed by atoms with E-state index >= 15 is 0 Å².